The Bertz CT molecular complexity index is 724. The van der Waals surface area contributed by atoms with Crippen LogP contribution in [-0.4, -0.2) is 26.3 Å². The van der Waals surface area contributed by atoms with Gasteiger partial charge in [-0.05, 0) is 36.9 Å². The van der Waals surface area contributed by atoms with Crippen LogP contribution in [0.5, 0.6) is 17.2 Å². The van der Waals surface area contributed by atoms with Crippen molar-refractivity contribution in [1.82, 2.24) is 5.32 Å². The van der Waals surface area contributed by atoms with E-state index in [1.165, 1.54) is 0 Å². The van der Waals surface area contributed by atoms with Gasteiger partial charge in [0.05, 0.1) is 0 Å². The van der Waals surface area contributed by atoms with Crippen LogP contribution < -0.4 is 24.8 Å². The number of amides is 1. The minimum absolute atomic E-state index is 0. The van der Waals surface area contributed by atoms with Crippen LogP contribution in [0.3, 0.4) is 0 Å². The zero-order valence-electron chi connectivity index (χ0n) is 13.9. The van der Waals surface area contributed by atoms with Gasteiger partial charge in [0.2, 0.25) is 12.7 Å². The summed E-state index contributed by atoms with van der Waals surface area (Å²) in [5.74, 6) is 2.12. The smallest absolute Gasteiger partial charge is 0.231 e. The fraction of sp³-hybridized carbons (Fsp3) is 0.278. The van der Waals surface area contributed by atoms with E-state index < -0.39 is 0 Å². The summed E-state index contributed by atoms with van der Waals surface area (Å²) < 4.78 is 16.4. The highest BCUT2D eigenvalue weighted by molar-refractivity contribution is 5.90. The number of benzene rings is 2. The molecule has 6 nitrogen and oxygen atoms in total. The molecule has 2 N–H and O–H groups in total. The number of carbonyl (C=O) groups is 1. The molecule has 1 aliphatic heterocycles. The summed E-state index contributed by atoms with van der Waals surface area (Å²) >= 11 is 0. The number of halogens is 1. The first-order valence-electron chi connectivity index (χ1n) is 7.80. The molecule has 0 fully saturated rings. The summed E-state index contributed by atoms with van der Waals surface area (Å²) in [6.45, 7) is 1.30. The van der Waals surface area contributed by atoms with E-state index in [9.17, 15) is 4.79 Å². The summed E-state index contributed by atoms with van der Waals surface area (Å²) in [6.07, 6.45) is 0.439. The molecule has 0 spiro atoms. The maximum Gasteiger partial charge on any atom is 0.231 e. The maximum absolute atomic E-state index is 11.8. The SMILES string of the molecule is CNCCC(=O)Nc1cccc(COc2ccc3c(c2)OCO3)c1.Cl. The molecule has 7 heteroatoms. The van der Waals surface area contributed by atoms with Gasteiger partial charge in [-0.3, -0.25) is 4.79 Å². The first kappa shape index (κ1) is 18.9. The van der Waals surface area contributed by atoms with Crippen LogP contribution in [0.1, 0.15) is 12.0 Å². The highest BCUT2D eigenvalue weighted by Gasteiger charge is 2.13. The molecule has 0 aromatic heterocycles. The Morgan fingerprint density at radius 2 is 2.00 bits per heavy atom. The van der Waals surface area contributed by atoms with Crippen LogP contribution in [-0.2, 0) is 11.4 Å². The molecular formula is C18H21ClN2O4. The second-order valence-corrected chi connectivity index (χ2v) is 5.41. The van der Waals surface area contributed by atoms with Gasteiger partial charge >= 0.3 is 0 Å². The van der Waals surface area contributed by atoms with Crippen molar-refractivity contribution in [2.24, 2.45) is 0 Å². The Kier molecular flexibility index (Phi) is 6.91. The first-order valence-corrected chi connectivity index (χ1v) is 7.80. The molecule has 2 aromatic rings. The predicted octanol–water partition coefficient (Wildman–Crippen LogP) is 2.96. The van der Waals surface area contributed by atoms with Gasteiger partial charge in [0.25, 0.3) is 0 Å². The number of hydrogen-bond acceptors (Lipinski definition) is 5. The molecule has 134 valence electrons. The van der Waals surface area contributed by atoms with Crippen molar-refractivity contribution < 1.29 is 19.0 Å². The Morgan fingerprint density at radius 1 is 1.16 bits per heavy atom. The third kappa shape index (κ3) is 5.27. The lowest BCUT2D eigenvalue weighted by Gasteiger charge is -2.09. The normalized spacial score (nSPS) is 11.6. The largest absolute Gasteiger partial charge is 0.489 e. The Hall–Kier alpha value is -2.44. The van der Waals surface area contributed by atoms with Crippen LogP contribution in [0.2, 0.25) is 0 Å². The third-order valence-corrected chi connectivity index (χ3v) is 3.56. The topological polar surface area (TPSA) is 68.8 Å². The van der Waals surface area contributed by atoms with Crippen LogP contribution >= 0.6 is 12.4 Å². The quantitative estimate of drug-likeness (QED) is 0.790. The highest BCUT2D eigenvalue weighted by atomic mass is 35.5. The molecule has 1 heterocycles. The Balaban J connectivity index is 0.00000225. The van der Waals surface area contributed by atoms with E-state index >= 15 is 0 Å². The minimum atomic E-state index is -0.0156. The molecule has 0 aliphatic carbocycles. The number of anilines is 1. The van der Waals surface area contributed by atoms with Crippen LogP contribution in [0.4, 0.5) is 5.69 Å². The summed E-state index contributed by atoms with van der Waals surface area (Å²) in [5.41, 5.74) is 1.74. The summed E-state index contributed by atoms with van der Waals surface area (Å²) in [7, 11) is 1.82. The second kappa shape index (κ2) is 9.15. The lowest BCUT2D eigenvalue weighted by atomic mass is 10.2. The fourth-order valence-electron chi connectivity index (χ4n) is 2.33. The molecule has 1 aliphatic rings. The van der Waals surface area contributed by atoms with Crippen molar-refractivity contribution in [3.05, 3.63) is 48.0 Å². The lowest BCUT2D eigenvalue weighted by Crippen LogP contribution is -2.18. The summed E-state index contributed by atoms with van der Waals surface area (Å²) in [5, 5.41) is 5.83. The molecule has 3 rings (SSSR count). The molecule has 0 bridgehead atoms. The zero-order chi connectivity index (χ0) is 16.8. The number of nitrogens with one attached hydrogen (secondary N) is 2. The molecular weight excluding hydrogens is 344 g/mol. The molecule has 1 amide bonds. The second-order valence-electron chi connectivity index (χ2n) is 5.41. The van der Waals surface area contributed by atoms with Gasteiger partial charge < -0.3 is 24.8 Å². The Morgan fingerprint density at radius 3 is 2.84 bits per heavy atom. The third-order valence-electron chi connectivity index (χ3n) is 3.56. The van der Waals surface area contributed by atoms with Gasteiger partial charge in [0, 0.05) is 24.7 Å². The molecule has 0 radical (unpaired) electrons. The highest BCUT2D eigenvalue weighted by Crippen LogP contribution is 2.35. The average molecular weight is 365 g/mol. The fourth-order valence-corrected chi connectivity index (χ4v) is 2.33. The average Bonchev–Trinajstić information content (AvgIpc) is 3.06. The van der Waals surface area contributed by atoms with Crippen LogP contribution in [0.25, 0.3) is 0 Å². The van der Waals surface area contributed by atoms with Gasteiger partial charge in [0.1, 0.15) is 12.4 Å². The van der Waals surface area contributed by atoms with Gasteiger partial charge in [0.15, 0.2) is 11.5 Å². The lowest BCUT2D eigenvalue weighted by molar-refractivity contribution is -0.116. The number of fused-ring (bicyclic) bond motifs is 1. The number of carbonyl (C=O) groups excluding carboxylic acids is 1. The van der Waals surface area contributed by atoms with Crippen LogP contribution in [0, 0.1) is 0 Å². The van der Waals surface area contributed by atoms with E-state index in [4.69, 9.17) is 14.2 Å². The predicted molar refractivity (Wildman–Crippen MR) is 97.8 cm³/mol. The molecule has 0 unspecified atom stereocenters. The molecule has 25 heavy (non-hydrogen) atoms. The van der Waals surface area contributed by atoms with Crippen molar-refractivity contribution in [2.75, 3.05) is 25.7 Å². The van der Waals surface area contributed by atoms with E-state index in [0.29, 0.717) is 31.1 Å². The molecule has 0 saturated heterocycles. The summed E-state index contributed by atoms with van der Waals surface area (Å²) in [6, 6.07) is 13.1. The molecule has 0 saturated carbocycles. The number of rotatable bonds is 7. The van der Waals surface area contributed by atoms with E-state index in [0.717, 1.165) is 17.0 Å². The summed E-state index contributed by atoms with van der Waals surface area (Å²) in [4.78, 5) is 11.8. The minimum Gasteiger partial charge on any atom is -0.489 e. The number of ether oxygens (including phenoxy) is 3. The van der Waals surface area contributed by atoms with Gasteiger partial charge in [-0.2, -0.15) is 0 Å². The van der Waals surface area contributed by atoms with E-state index in [-0.39, 0.29) is 25.1 Å². The van der Waals surface area contributed by atoms with Crippen molar-refractivity contribution in [1.29, 1.82) is 0 Å². The number of hydrogen-bond donors (Lipinski definition) is 2. The van der Waals surface area contributed by atoms with E-state index in [1.54, 1.807) is 0 Å². The molecule has 0 atom stereocenters. The Labute approximate surface area is 152 Å². The monoisotopic (exact) mass is 364 g/mol. The van der Waals surface area contributed by atoms with E-state index in [2.05, 4.69) is 10.6 Å². The first-order chi connectivity index (χ1) is 11.7. The van der Waals surface area contributed by atoms with Crippen molar-refractivity contribution in [3.63, 3.8) is 0 Å². The van der Waals surface area contributed by atoms with Gasteiger partial charge in [-0.1, -0.05) is 12.1 Å². The standard InChI is InChI=1S/C18H20N2O4.ClH/c1-19-8-7-18(21)20-14-4-2-3-13(9-14)11-22-15-5-6-16-17(10-15)24-12-23-16;/h2-6,9-10,19H,7-8,11-12H2,1H3,(H,20,21);1H. The van der Waals surface area contributed by atoms with Crippen molar-refractivity contribution >= 4 is 24.0 Å². The van der Waals surface area contributed by atoms with Gasteiger partial charge in [-0.15, -0.1) is 12.4 Å². The van der Waals surface area contributed by atoms with Crippen LogP contribution in [0.15, 0.2) is 42.5 Å². The maximum atomic E-state index is 11.8. The van der Waals surface area contributed by atoms with E-state index in [1.807, 2.05) is 49.5 Å². The van der Waals surface area contributed by atoms with Crippen molar-refractivity contribution in [2.45, 2.75) is 13.0 Å². The van der Waals surface area contributed by atoms with Gasteiger partial charge in [-0.25, -0.2) is 0 Å². The molecule has 2 aromatic carbocycles. The zero-order valence-corrected chi connectivity index (χ0v) is 14.7. The van der Waals surface area contributed by atoms with Crippen molar-refractivity contribution in [3.8, 4) is 17.2 Å².